The average molecular weight is 295 g/mol. The number of pyridine rings is 1. The Kier molecular flexibility index (Phi) is 3.74. The Morgan fingerprint density at radius 2 is 1.82 bits per heavy atom. The number of fused-ring (bicyclic) bond motifs is 1. The Bertz CT molecular complexity index is 887. The minimum atomic E-state index is -0.874. The van der Waals surface area contributed by atoms with Gasteiger partial charge in [0.15, 0.2) is 5.78 Å². The first kappa shape index (κ1) is 14.1. The Balaban J connectivity index is 1.87. The highest BCUT2D eigenvalue weighted by atomic mass is 19.1. The number of carbonyl (C=O) groups excluding carboxylic acids is 1. The number of para-hydroxylation sites is 1. The molecule has 0 fully saturated rings. The van der Waals surface area contributed by atoms with E-state index >= 15 is 0 Å². The first-order valence-electron chi connectivity index (χ1n) is 6.67. The Morgan fingerprint density at radius 3 is 2.64 bits per heavy atom. The van der Waals surface area contributed by atoms with Gasteiger partial charge < -0.3 is 0 Å². The number of rotatable bonds is 3. The van der Waals surface area contributed by atoms with E-state index in [1.165, 1.54) is 12.2 Å². The van der Waals surface area contributed by atoms with Crippen LogP contribution in [0.2, 0.25) is 0 Å². The number of ketones is 1. The second-order valence-corrected chi connectivity index (χ2v) is 4.75. The van der Waals surface area contributed by atoms with Crippen molar-refractivity contribution < 1.29 is 13.6 Å². The van der Waals surface area contributed by atoms with E-state index in [0.29, 0.717) is 11.8 Å². The van der Waals surface area contributed by atoms with Crippen LogP contribution in [-0.4, -0.2) is 10.8 Å². The molecule has 1 aromatic heterocycles. The summed E-state index contributed by atoms with van der Waals surface area (Å²) in [5.74, 6) is -2.12. The molecule has 0 saturated heterocycles. The van der Waals surface area contributed by atoms with Gasteiger partial charge in [-0.3, -0.25) is 4.79 Å². The van der Waals surface area contributed by atoms with Gasteiger partial charge >= 0.3 is 0 Å². The van der Waals surface area contributed by atoms with Crippen LogP contribution in [-0.2, 0) is 0 Å². The fraction of sp³-hybridized carbons (Fsp3) is 0. The van der Waals surface area contributed by atoms with Gasteiger partial charge in [0.05, 0.1) is 16.8 Å². The lowest BCUT2D eigenvalue weighted by Gasteiger charge is -2.00. The normalized spacial score (nSPS) is 11.2. The molecule has 0 aliphatic carbocycles. The van der Waals surface area contributed by atoms with E-state index in [2.05, 4.69) is 4.98 Å². The summed E-state index contributed by atoms with van der Waals surface area (Å²) >= 11 is 0. The summed E-state index contributed by atoms with van der Waals surface area (Å²) in [7, 11) is 0. The van der Waals surface area contributed by atoms with Crippen LogP contribution >= 0.6 is 0 Å². The fourth-order valence-corrected chi connectivity index (χ4v) is 2.11. The van der Waals surface area contributed by atoms with Gasteiger partial charge in [0.1, 0.15) is 11.6 Å². The topological polar surface area (TPSA) is 30.0 Å². The van der Waals surface area contributed by atoms with Crippen molar-refractivity contribution in [3.63, 3.8) is 0 Å². The Morgan fingerprint density at radius 1 is 1.00 bits per heavy atom. The predicted molar refractivity (Wildman–Crippen MR) is 81.5 cm³/mol. The summed E-state index contributed by atoms with van der Waals surface area (Å²) in [5.41, 5.74) is 1.23. The molecule has 0 bridgehead atoms. The lowest BCUT2D eigenvalue weighted by atomic mass is 10.1. The highest BCUT2D eigenvalue weighted by Gasteiger charge is 2.09. The zero-order valence-corrected chi connectivity index (χ0v) is 11.5. The van der Waals surface area contributed by atoms with Crippen molar-refractivity contribution in [3.05, 3.63) is 83.6 Å². The van der Waals surface area contributed by atoms with Crippen molar-refractivity contribution in [2.75, 3.05) is 0 Å². The molecule has 0 aliphatic heterocycles. The maximum absolute atomic E-state index is 13.5. The van der Waals surface area contributed by atoms with Gasteiger partial charge in [-0.2, -0.15) is 0 Å². The molecule has 1 heterocycles. The minimum absolute atomic E-state index is 0.168. The molecule has 4 heteroatoms. The maximum Gasteiger partial charge on any atom is 0.188 e. The van der Waals surface area contributed by atoms with Crippen LogP contribution in [0.1, 0.15) is 16.1 Å². The molecule has 0 spiro atoms. The molecule has 0 amide bonds. The van der Waals surface area contributed by atoms with E-state index < -0.39 is 17.4 Å². The van der Waals surface area contributed by atoms with E-state index in [4.69, 9.17) is 0 Å². The van der Waals surface area contributed by atoms with Gasteiger partial charge in [0, 0.05) is 11.5 Å². The maximum atomic E-state index is 13.5. The van der Waals surface area contributed by atoms with Crippen molar-refractivity contribution in [3.8, 4) is 0 Å². The molecule has 3 rings (SSSR count). The fourth-order valence-electron chi connectivity index (χ4n) is 2.11. The number of halogens is 2. The standard InChI is InChI=1S/C18H11F2NO/c19-13-6-9-15(16(20)11-13)18(22)10-8-14-7-5-12-3-1-2-4-17(12)21-14/h1-11H/b10-8+. The number of nitrogens with zero attached hydrogens (tertiary/aromatic N) is 1. The summed E-state index contributed by atoms with van der Waals surface area (Å²) in [6.07, 6.45) is 2.74. The molecule has 2 nitrogen and oxygen atoms in total. The number of aromatic nitrogens is 1. The molecule has 0 saturated carbocycles. The third kappa shape index (κ3) is 2.91. The average Bonchev–Trinajstić information content (AvgIpc) is 2.52. The van der Waals surface area contributed by atoms with Crippen LogP contribution in [0, 0.1) is 11.6 Å². The number of hydrogen-bond donors (Lipinski definition) is 0. The second-order valence-electron chi connectivity index (χ2n) is 4.75. The van der Waals surface area contributed by atoms with Crippen molar-refractivity contribution in [1.29, 1.82) is 0 Å². The number of benzene rings is 2. The predicted octanol–water partition coefficient (Wildman–Crippen LogP) is 4.41. The lowest BCUT2D eigenvalue weighted by Crippen LogP contribution is -1.99. The number of allylic oxidation sites excluding steroid dienone is 1. The van der Waals surface area contributed by atoms with Gasteiger partial charge in [-0.25, -0.2) is 13.8 Å². The molecule has 3 aromatic rings. The minimum Gasteiger partial charge on any atom is -0.289 e. The van der Waals surface area contributed by atoms with Gasteiger partial charge in [0.2, 0.25) is 0 Å². The summed E-state index contributed by atoms with van der Waals surface area (Å²) in [5, 5.41) is 0.996. The van der Waals surface area contributed by atoms with Crippen LogP contribution in [0.5, 0.6) is 0 Å². The van der Waals surface area contributed by atoms with Gasteiger partial charge in [-0.1, -0.05) is 24.3 Å². The molecule has 0 radical (unpaired) electrons. The highest BCUT2D eigenvalue weighted by molar-refractivity contribution is 6.06. The molecular formula is C18H11F2NO. The number of hydrogen-bond acceptors (Lipinski definition) is 2. The van der Waals surface area contributed by atoms with E-state index in [1.807, 2.05) is 30.3 Å². The Hall–Kier alpha value is -2.88. The van der Waals surface area contributed by atoms with E-state index in [0.717, 1.165) is 23.0 Å². The second kappa shape index (κ2) is 5.85. The van der Waals surface area contributed by atoms with E-state index in [9.17, 15) is 13.6 Å². The van der Waals surface area contributed by atoms with Crippen LogP contribution in [0.15, 0.2) is 60.7 Å². The van der Waals surface area contributed by atoms with Crippen molar-refractivity contribution in [2.24, 2.45) is 0 Å². The van der Waals surface area contributed by atoms with E-state index in [-0.39, 0.29) is 5.56 Å². The Labute approximate surface area is 125 Å². The molecule has 0 unspecified atom stereocenters. The molecular weight excluding hydrogens is 284 g/mol. The third-order valence-electron chi connectivity index (χ3n) is 3.22. The monoisotopic (exact) mass is 295 g/mol. The molecule has 22 heavy (non-hydrogen) atoms. The summed E-state index contributed by atoms with van der Waals surface area (Å²) in [6, 6.07) is 14.1. The zero-order valence-electron chi connectivity index (χ0n) is 11.5. The number of carbonyl (C=O) groups is 1. The van der Waals surface area contributed by atoms with Crippen LogP contribution in [0.25, 0.3) is 17.0 Å². The van der Waals surface area contributed by atoms with E-state index in [1.54, 1.807) is 6.07 Å². The van der Waals surface area contributed by atoms with Gasteiger partial charge in [0.25, 0.3) is 0 Å². The largest absolute Gasteiger partial charge is 0.289 e. The quantitative estimate of drug-likeness (QED) is 0.529. The molecule has 0 N–H and O–H groups in total. The third-order valence-corrected chi connectivity index (χ3v) is 3.22. The first-order valence-corrected chi connectivity index (χ1v) is 6.67. The van der Waals surface area contributed by atoms with Crippen LogP contribution < -0.4 is 0 Å². The van der Waals surface area contributed by atoms with Crippen LogP contribution in [0.3, 0.4) is 0 Å². The molecule has 0 atom stereocenters. The van der Waals surface area contributed by atoms with Crippen molar-refractivity contribution in [2.45, 2.75) is 0 Å². The van der Waals surface area contributed by atoms with Crippen molar-refractivity contribution >= 4 is 22.8 Å². The molecule has 2 aromatic carbocycles. The SMILES string of the molecule is O=C(/C=C/c1ccc2ccccc2n1)c1ccc(F)cc1F. The first-order chi connectivity index (χ1) is 10.6. The summed E-state index contributed by atoms with van der Waals surface area (Å²) in [4.78, 5) is 16.3. The lowest BCUT2D eigenvalue weighted by molar-refractivity contribution is 0.104. The molecule has 108 valence electrons. The zero-order chi connectivity index (χ0) is 15.5. The van der Waals surface area contributed by atoms with Gasteiger partial charge in [-0.05, 0) is 36.4 Å². The smallest absolute Gasteiger partial charge is 0.188 e. The summed E-state index contributed by atoms with van der Waals surface area (Å²) < 4.78 is 26.4. The van der Waals surface area contributed by atoms with Crippen LogP contribution in [0.4, 0.5) is 8.78 Å². The van der Waals surface area contributed by atoms with Gasteiger partial charge in [-0.15, -0.1) is 0 Å². The summed E-state index contributed by atoms with van der Waals surface area (Å²) in [6.45, 7) is 0. The highest BCUT2D eigenvalue weighted by Crippen LogP contribution is 2.14. The van der Waals surface area contributed by atoms with Crippen molar-refractivity contribution in [1.82, 2.24) is 4.98 Å². The molecule has 0 aliphatic rings.